The third kappa shape index (κ3) is 9.08. The van der Waals surface area contributed by atoms with E-state index >= 15 is 0 Å². The first-order valence-electron chi connectivity index (χ1n) is 11.9. The molecule has 0 saturated carbocycles. The zero-order valence-electron chi connectivity index (χ0n) is 21.3. The third-order valence-corrected chi connectivity index (χ3v) is 5.69. The van der Waals surface area contributed by atoms with Gasteiger partial charge in [-0.2, -0.15) is 12.6 Å². The summed E-state index contributed by atoms with van der Waals surface area (Å²) in [6, 6.07) is 4.03. The summed E-state index contributed by atoms with van der Waals surface area (Å²) in [6.45, 7) is 11.5. The molecule has 34 heavy (non-hydrogen) atoms. The minimum Gasteiger partial charge on any atom is -0.508 e. The predicted octanol–water partition coefficient (Wildman–Crippen LogP) is 4.19. The van der Waals surface area contributed by atoms with Crippen molar-refractivity contribution in [2.75, 3.05) is 12.3 Å². The van der Waals surface area contributed by atoms with E-state index in [1.165, 1.54) is 11.0 Å². The fraction of sp³-hybridized carbons (Fsp3) is 0.640. The van der Waals surface area contributed by atoms with Crippen LogP contribution >= 0.6 is 12.6 Å². The summed E-state index contributed by atoms with van der Waals surface area (Å²) < 4.78 is 5.30. The lowest BCUT2D eigenvalue weighted by atomic mass is 9.99. The number of rotatable bonds is 12. The topological polar surface area (TPSA) is 108 Å². The number of alkyl carbamates (subject to hydrolysis) is 1. The Labute approximate surface area is 209 Å². The van der Waals surface area contributed by atoms with E-state index in [9.17, 15) is 19.5 Å². The molecule has 0 spiro atoms. The number of ether oxygens (including phenoxy) is 1. The number of aromatic hydroxyl groups is 1. The van der Waals surface area contributed by atoms with Crippen LogP contribution in [-0.2, 0) is 14.3 Å². The predicted molar refractivity (Wildman–Crippen MR) is 137 cm³/mol. The van der Waals surface area contributed by atoms with Crippen LogP contribution in [0.1, 0.15) is 78.8 Å². The summed E-state index contributed by atoms with van der Waals surface area (Å²) in [7, 11) is 0. The van der Waals surface area contributed by atoms with Gasteiger partial charge in [0.15, 0.2) is 0 Å². The van der Waals surface area contributed by atoms with Gasteiger partial charge in [0.25, 0.3) is 0 Å². The van der Waals surface area contributed by atoms with E-state index in [2.05, 4.69) is 30.2 Å². The minimum atomic E-state index is -1.08. The van der Waals surface area contributed by atoms with Crippen molar-refractivity contribution in [2.24, 2.45) is 0 Å². The number of nitrogens with zero attached hydrogens (tertiary/aromatic N) is 1. The van der Waals surface area contributed by atoms with Crippen LogP contribution in [0.25, 0.3) is 0 Å². The van der Waals surface area contributed by atoms with Gasteiger partial charge in [-0.25, -0.2) is 4.79 Å². The van der Waals surface area contributed by atoms with Crippen molar-refractivity contribution < 1.29 is 24.2 Å². The molecule has 9 heteroatoms. The average molecular weight is 496 g/mol. The number of carbonyl (C=O) groups excluding carboxylic acids is 3. The molecular weight excluding hydrogens is 454 g/mol. The summed E-state index contributed by atoms with van der Waals surface area (Å²) >= 11 is 4.27. The van der Waals surface area contributed by atoms with Gasteiger partial charge in [-0.05, 0) is 46.6 Å². The number of benzene rings is 1. The first-order valence-corrected chi connectivity index (χ1v) is 12.6. The highest BCUT2D eigenvalue weighted by Gasteiger charge is 2.39. The van der Waals surface area contributed by atoms with Gasteiger partial charge in [0.2, 0.25) is 11.8 Å². The molecule has 192 valence electrons. The second kappa shape index (κ2) is 14.1. The van der Waals surface area contributed by atoms with Gasteiger partial charge in [0, 0.05) is 23.9 Å². The van der Waals surface area contributed by atoms with Crippen LogP contribution in [0.15, 0.2) is 24.3 Å². The number of phenolic OH excluding ortho intramolecular Hbond substituents is 1. The van der Waals surface area contributed by atoms with Gasteiger partial charge in [0.05, 0.1) is 0 Å². The quantitative estimate of drug-likeness (QED) is 0.257. The van der Waals surface area contributed by atoms with Crippen LogP contribution in [0.3, 0.4) is 0 Å². The molecule has 1 aromatic rings. The molecule has 0 aliphatic carbocycles. The number of para-hydroxylation sites is 1. The first kappa shape index (κ1) is 29.6. The molecule has 8 nitrogen and oxygen atoms in total. The molecule has 1 aromatic carbocycles. The largest absolute Gasteiger partial charge is 0.508 e. The molecule has 0 aliphatic heterocycles. The molecular formula is C25H41N3O5S. The number of carbonyl (C=O) groups is 3. The van der Waals surface area contributed by atoms with E-state index in [0.29, 0.717) is 18.5 Å². The molecule has 0 saturated heterocycles. The highest BCUT2D eigenvalue weighted by atomic mass is 32.1. The molecule has 0 aliphatic rings. The number of unbranched alkanes of at least 4 members (excludes halogenated alkanes) is 2. The van der Waals surface area contributed by atoms with E-state index in [-0.39, 0.29) is 23.5 Å². The van der Waals surface area contributed by atoms with Gasteiger partial charge in [-0.15, -0.1) is 0 Å². The third-order valence-electron chi connectivity index (χ3n) is 5.33. The van der Waals surface area contributed by atoms with Crippen LogP contribution in [0.5, 0.6) is 5.75 Å². The normalized spacial score (nSPS) is 14.0. The summed E-state index contributed by atoms with van der Waals surface area (Å²) in [5.41, 5.74) is -0.416. The van der Waals surface area contributed by atoms with Crippen molar-refractivity contribution in [1.82, 2.24) is 15.5 Å². The van der Waals surface area contributed by atoms with Gasteiger partial charge in [-0.1, -0.05) is 44.9 Å². The molecule has 3 atom stereocenters. The summed E-state index contributed by atoms with van der Waals surface area (Å²) in [4.78, 5) is 40.9. The molecule has 0 fully saturated rings. The van der Waals surface area contributed by atoms with E-state index < -0.39 is 29.7 Å². The molecule has 1 rings (SSSR count). The molecule has 3 N–H and O–H groups in total. The fourth-order valence-corrected chi connectivity index (χ4v) is 3.68. The molecule has 0 aromatic heterocycles. The fourth-order valence-electron chi connectivity index (χ4n) is 3.43. The van der Waals surface area contributed by atoms with Crippen molar-refractivity contribution in [3.63, 3.8) is 0 Å². The van der Waals surface area contributed by atoms with Crippen LogP contribution in [-0.4, -0.2) is 57.9 Å². The van der Waals surface area contributed by atoms with Crippen molar-refractivity contribution in [3.8, 4) is 5.75 Å². The average Bonchev–Trinajstić information content (AvgIpc) is 2.77. The van der Waals surface area contributed by atoms with Crippen LogP contribution < -0.4 is 10.6 Å². The molecule has 3 unspecified atom stereocenters. The smallest absolute Gasteiger partial charge is 0.408 e. The van der Waals surface area contributed by atoms with Crippen molar-refractivity contribution in [3.05, 3.63) is 29.8 Å². The molecule has 0 heterocycles. The maximum absolute atomic E-state index is 13.7. The van der Waals surface area contributed by atoms with Crippen molar-refractivity contribution in [2.45, 2.75) is 91.0 Å². The number of amides is 3. The van der Waals surface area contributed by atoms with E-state index in [1.54, 1.807) is 39.0 Å². The highest BCUT2D eigenvalue weighted by molar-refractivity contribution is 7.80. The van der Waals surface area contributed by atoms with Gasteiger partial charge < -0.3 is 25.4 Å². The lowest BCUT2D eigenvalue weighted by Gasteiger charge is -2.38. The maximum atomic E-state index is 13.7. The summed E-state index contributed by atoms with van der Waals surface area (Å²) in [5, 5.41) is 16.1. The number of hydrogen-bond acceptors (Lipinski definition) is 6. The zero-order chi connectivity index (χ0) is 25.9. The molecule has 0 bridgehead atoms. The van der Waals surface area contributed by atoms with Crippen molar-refractivity contribution in [1.29, 1.82) is 0 Å². The van der Waals surface area contributed by atoms with Gasteiger partial charge in [0.1, 0.15) is 23.4 Å². The highest BCUT2D eigenvalue weighted by Crippen LogP contribution is 2.31. The van der Waals surface area contributed by atoms with Crippen molar-refractivity contribution >= 4 is 30.5 Å². The van der Waals surface area contributed by atoms with Gasteiger partial charge in [-0.3, -0.25) is 9.59 Å². The Bertz CT molecular complexity index is 812. The number of hydrogen-bond donors (Lipinski definition) is 4. The summed E-state index contributed by atoms with van der Waals surface area (Å²) in [5.74, 6) is -0.940. The monoisotopic (exact) mass is 495 g/mol. The van der Waals surface area contributed by atoms with E-state index in [0.717, 1.165) is 19.3 Å². The Morgan fingerprint density at radius 1 is 1.15 bits per heavy atom. The van der Waals surface area contributed by atoms with Crippen LogP contribution in [0, 0.1) is 0 Å². The van der Waals surface area contributed by atoms with Crippen LogP contribution in [0.4, 0.5) is 4.79 Å². The second-order valence-corrected chi connectivity index (χ2v) is 9.71. The zero-order valence-corrected chi connectivity index (χ0v) is 22.2. The minimum absolute atomic E-state index is 0.0105. The van der Waals surface area contributed by atoms with Crippen LogP contribution in [0.2, 0.25) is 0 Å². The standard InChI is InChI=1S/C25H41N3O5S/c1-7-9-12-15-26-22(30)21(18-13-10-11-14-20(18)29)28(17(3)8-2)23(31)19(16-34)27-24(32)33-25(4,5)6/h10-11,13-14,17,19,21,29,34H,7-9,12,15-16H2,1-6H3,(H,26,30)(H,27,32). The summed E-state index contributed by atoms with van der Waals surface area (Å²) in [6.07, 6.45) is 2.61. The Morgan fingerprint density at radius 3 is 2.32 bits per heavy atom. The Hall–Kier alpha value is -2.42. The number of nitrogens with one attached hydrogen (secondary N) is 2. The lowest BCUT2D eigenvalue weighted by molar-refractivity contribution is -0.144. The Balaban J connectivity index is 3.36. The van der Waals surface area contributed by atoms with E-state index in [1.807, 2.05) is 13.8 Å². The SMILES string of the molecule is CCCCCNC(=O)C(c1ccccc1O)N(C(=O)C(CS)NC(=O)OC(C)(C)C)C(C)CC. The van der Waals surface area contributed by atoms with E-state index in [4.69, 9.17) is 4.74 Å². The molecule has 3 amide bonds. The molecule has 0 radical (unpaired) electrons. The Morgan fingerprint density at radius 2 is 1.79 bits per heavy atom. The maximum Gasteiger partial charge on any atom is 0.408 e. The Kier molecular flexibility index (Phi) is 12.3. The number of phenols is 1. The first-order chi connectivity index (χ1) is 16.0. The number of thiol groups is 1. The second-order valence-electron chi connectivity index (χ2n) is 9.34. The van der Waals surface area contributed by atoms with Gasteiger partial charge >= 0.3 is 6.09 Å². The lowest BCUT2D eigenvalue weighted by Crippen LogP contribution is -2.56.